The minimum absolute atomic E-state index is 0.0633. The van der Waals surface area contributed by atoms with Crippen molar-refractivity contribution in [1.29, 1.82) is 0 Å². The quantitative estimate of drug-likeness (QED) is 0.339. The SMILES string of the molecule is Cc1c(Cl)cccc1N1C(=O)C(=O)/C(=C(\O)c2ccc(Cl)cc2)C1c1ccco1. The van der Waals surface area contributed by atoms with Crippen molar-refractivity contribution in [3.05, 3.63) is 93.4 Å². The highest BCUT2D eigenvalue weighted by atomic mass is 35.5. The van der Waals surface area contributed by atoms with E-state index in [1.54, 1.807) is 61.5 Å². The van der Waals surface area contributed by atoms with E-state index >= 15 is 0 Å². The molecule has 1 unspecified atom stereocenters. The largest absolute Gasteiger partial charge is 0.507 e. The minimum Gasteiger partial charge on any atom is -0.507 e. The van der Waals surface area contributed by atoms with Crippen LogP contribution in [0, 0.1) is 6.92 Å². The molecule has 146 valence electrons. The number of aliphatic hydroxyl groups is 1. The summed E-state index contributed by atoms with van der Waals surface area (Å²) in [6.07, 6.45) is 1.45. The van der Waals surface area contributed by atoms with E-state index in [-0.39, 0.29) is 11.3 Å². The van der Waals surface area contributed by atoms with E-state index in [2.05, 4.69) is 0 Å². The van der Waals surface area contributed by atoms with Gasteiger partial charge in [-0.2, -0.15) is 0 Å². The molecule has 29 heavy (non-hydrogen) atoms. The number of halogens is 2. The third-order valence-corrected chi connectivity index (χ3v) is 5.53. The highest BCUT2D eigenvalue weighted by molar-refractivity contribution is 6.52. The Morgan fingerprint density at radius 2 is 1.76 bits per heavy atom. The van der Waals surface area contributed by atoms with Gasteiger partial charge in [-0.15, -0.1) is 0 Å². The molecule has 1 amide bonds. The minimum atomic E-state index is -0.933. The summed E-state index contributed by atoms with van der Waals surface area (Å²) in [5, 5.41) is 11.9. The number of ketones is 1. The first-order valence-electron chi connectivity index (χ1n) is 8.75. The molecule has 2 aromatic carbocycles. The number of carbonyl (C=O) groups excluding carboxylic acids is 2. The van der Waals surface area contributed by atoms with E-state index in [0.717, 1.165) is 0 Å². The zero-order valence-corrected chi connectivity index (χ0v) is 16.7. The molecule has 1 atom stereocenters. The van der Waals surface area contributed by atoms with Crippen LogP contribution in [0.15, 0.2) is 70.9 Å². The fourth-order valence-corrected chi connectivity index (χ4v) is 3.71. The van der Waals surface area contributed by atoms with Crippen LogP contribution in [0.2, 0.25) is 10.0 Å². The van der Waals surface area contributed by atoms with E-state index in [0.29, 0.717) is 32.6 Å². The second-order valence-electron chi connectivity index (χ2n) is 6.58. The van der Waals surface area contributed by atoms with Crippen molar-refractivity contribution in [2.75, 3.05) is 4.90 Å². The number of Topliss-reactive ketones (excluding diaryl/α,β-unsaturated/α-hetero) is 1. The number of rotatable bonds is 3. The van der Waals surface area contributed by atoms with Crippen molar-refractivity contribution < 1.29 is 19.1 Å². The summed E-state index contributed by atoms with van der Waals surface area (Å²) in [6.45, 7) is 1.76. The molecule has 0 spiro atoms. The smallest absolute Gasteiger partial charge is 0.300 e. The number of hydrogen-bond donors (Lipinski definition) is 1. The molecule has 5 nitrogen and oxygen atoms in total. The number of carbonyl (C=O) groups is 2. The van der Waals surface area contributed by atoms with Gasteiger partial charge in [0, 0.05) is 21.3 Å². The van der Waals surface area contributed by atoms with Crippen LogP contribution < -0.4 is 4.90 Å². The predicted octanol–water partition coefficient (Wildman–Crippen LogP) is 5.52. The number of amides is 1. The number of anilines is 1. The average molecular weight is 428 g/mol. The normalized spacial score (nSPS) is 18.4. The molecule has 2 heterocycles. The van der Waals surface area contributed by atoms with Gasteiger partial charge in [-0.3, -0.25) is 14.5 Å². The van der Waals surface area contributed by atoms with Gasteiger partial charge in [0.1, 0.15) is 17.6 Å². The van der Waals surface area contributed by atoms with E-state index in [1.165, 1.54) is 11.2 Å². The second-order valence-corrected chi connectivity index (χ2v) is 7.42. The van der Waals surface area contributed by atoms with Gasteiger partial charge in [0.2, 0.25) is 0 Å². The van der Waals surface area contributed by atoms with Crippen LogP contribution in [0.1, 0.15) is 22.9 Å². The van der Waals surface area contributed by atoms with Gasteiger partial charge in [-0.25, -0.2) is 0 Å². The molecular formula is C22H15Cl2NO4. The predicted molar refractivity (Wildman–Crippen MR) is 111 cm³/mol. The Morgan fingerprint density at radius 3 is 2.41 bits per heavy atom. The van der Waals surface area contributed by atoms with Crippen LogP contribution >= 0.6 is 23.2 Å². The maximum Gasteiger partial charge on any atom is 0.300 e. The first kappa shape index (κ1) is 19.3. The van der Waals surface area contributed by atoms with Crippen LogP contribution in [0.5, 0.6) is 0 Å². The third-order valence-electron chi connectivity index (χ3n) is 4.87. The Morgan fingerprint density at radius 1 is 1.03 bits per heavy atom. The van der Waals surface area contributed by atoms with Crippen LogP contribution in [-0.2, 0) is 9.59 Å². The zero-order chi connectivity index (χ0) is 20.7. The summed E-state index contributed by atoms with van der Waals surface area (Å²) in [4.78, 5) is 27.3. The maximum atomic E-state index is 13.0. The third kappa shape index (κ3) is 3.22. The molecule has 0 radical (unpaired) electrons. The molecule has 4 rings (SSSR count). The highest BCUT2D eigenvalue weighted by Crippen LogP contribution is 2.44. The summed E-state index contributed by atoms with van der Waals surface area (Å²) in [7, 11) is 0. The second kappa shape index (κ2) is 7.43. The van der Waals surface area contributed by atoms with Crippen LogP contribution in [-0.4, -0.2) is 16.8 Å². The van der Waals surface area contributed by atoms with Crippen molar-refractivity contribution in [1.82, 2.24) is 0 Å². The van der Waals surface area contributed by atoms with Crippen LogP contribution in [0.25, 0.3) is 5.76 Å². The molecule has 7 heteroatoms. The summed E-state index contributed by atoms with van der Waals surface area (Å²) in [6, 6.07) is 13.8. The Hall–Kier alpha value is -3.02. The molecule has 3 aromatic rings. The van der Waals surface area contributed by atoms with Gasteiger partial charge in [0.05, 0.1) is 11.8 Å². The van der Waals surface area contributed by atoms with Gasteiger partial charge in [-0.1, -0.05) is 29.3 Å². The topological polar surface area (TPSA) is 70.8 Å². The van der Waals surface area contributed by atoms with Gasteiger partial charge in [-0.05, 0) is 61.0 Å². The molecule has 1 aromatic heterocycles. The highest BCUT2D eigenvalue weighted by Gasteiger charge is 2.48. The van der Waals surface area contributed by atoms with E-state index < -0.39 is 17.7 Å². The molecular weight excluding hydrogens is 413 g/mol. The lowest BCUT2D eigenvalue weighted by molar-refractivity contribution is -0.132. The van der Waals surface area contributed by atoms with Crippen molar-refractivity contribution in [2.45, 2.75) is 13.0 Å². The lowest BCUT2D eigenvalue weighted by Gasteiger charge is -2.25. The Labute approximate surface area is 176 Å². The van der Waals surface area contributed by atoms with Crippen molar-refractivity contribution >= 4 is 46.3 Å². The monoisotopic (exact) mass is 427 g/mol. The number of aliphatic hydroxyl groups excluding tert-OH is 1. The average Bonchev–Trinajstić information content (AvgIpc) is 3.32. The fourth-order valence-electron chi connectivity index (χ4n) is 3.42. The van der Waals surface area contributed by atoms with Crippen molar-refractivity contribution in [2.24, 2.45) is 0 Å². The number of hydrogen-bond acceptors (Lipinski definition) is 4. The number of furan rings is 1. The fraction of sp³-hybridized carbons (Fsp3) is 0.0909. The van der Waals surface area contributed by atoms with Gasteiger partial charge in [0.25, 0.3) is 11.7 Å². The van der Waals surface area contributed by atoms with Crippen LogP contribution in [0.3, 0.4) is 0 Å². The molecule has 1 aliphatic rings. The first-order chi connectivity index (χ1) is 13.9. The summed E-state index contributed by atoms with van der Waals surface area (Å²) in [5.41, 5.74) is 1.41. The Bertz CT molecular complexity index is 1130. The van der Waals surface area contributed by atoms with Gasteiger partial charge in [0.15, 0.2) is 0 Å². The lowest BCUT2D eigenvalue weighted by atomic mass is 9.99. The molecule has 1 N–H and O–H groups in total. The van der Waals surface area contributed by atoms with E-state index in [4.69, 9.17) is 27.6 Å². The first-order valence-corrected chi connectivity index (χ1v) is 9.51. The summed E-state index contributed by atoms with van der Waals surface area (Å²) < 4.78 is 5.53. The van der Waals surface area contributed by atoms with Crippen LogP contribution in [0.4, 0.5) is 5.69 Å². The standard InChI is InChI=1S/C22H15Cl2NO4/c1-12-15(24)4-2-5-16(12)25-19(17-6-3-11-29-17)18(21(27)22(25)28)20(26)13-7-9-14(23)10-8-13/h2-11,19,26H,1H3/b20-18-. The molecule has 1 fully saturated rings. The number of benzene rings is 2. The zero-order valence-electron chi connectivity index (χ0n) is 15.2. The molecule has 0 bridgehead atoms. The van der Waals surface area contributed by atoms with Crippen molar-refractivity contribution in [3.8, 4) is 0 Å². The van der Waals surface area contributed by atoms with Crippen molar-refractivity contribution in [3.63, 3.8) is 0 Å². The number of nitrogens with zero attached hydrogens (tertiary/aromatic N) is 1. The Balaban J connectivity index is 1.95. The van der Waals surface area contributed by atoms with Gasteiger partial charge < -0.3 is 9.52 Å². The summed E-state index contributed by atoms with van der Waals surface area (Å²) >= 11 is 12.2. The maximum absolute atomic E-state index is 13.0. The van der Waals surface area contributed by atoms with Gasteiger partial charge >= 0.3 is 0 Å². The molecule has 0 aliphatic carbocycles. The Kier molecular flexibility index (Phi) is 4.94. The molecule has 1 saturated heterocycles. The lowest BCUT2D eigenvalue weighted by Crippen LogP contribution is -2.30. The molecule has 1 aliphatic heterocycles. The van der Waals surface area contributed by atoms with E-state index in [1.807, 2.05) is 0 Å². The molecule has 0 saturated carbocycles. The van der Waals surface area contributed by atoms with E-state index in [9.17, 15) is 14.7 Å². The summed E-state index contributed by atoms with van der Waals surface area (Å²) in [5.74, 6) is -1.53.